The standard InChI is InChI=1S/C20H25N3O2S/c24-26(25,15-18-6-2-1-3-7-18)23-16-20(17-23)9-12-22(13-10-20)14-19-8-4-5-11-21-19/h1-8,11H,9-10,12-17H2. The van der Waals surface area contributed by atoms with E-state index in [2.05, 4.69) is 16.0 Å². The highest BCUT2D eigenvalue weighted by molar-refractivity contribution is 7.88. The van der Waals surface area contributed by atoms with Gasteiger partial charge in [-0.05, 0) is 43.6 Å². The van der Waals surface area contributed by atoms with Gasteiger partial charge in [0.25, 0.3) is 0 Å². The zero-order valence-electron chi connectivity index (χ0n) is 14.9. The van der Waals surface area contributed by atoms with Crippen LogP contribution in [0.3, 0.4) is 0 Å². The molecular weight excluding hydrogens is 346 g/mol. The first kappa shape index (κ1) is 17.6. The molecular formula is C20H25N3O2S. The fourth-order valence-electron chi connectivity index (χ4n) is 4.00. The summed E-state index contributed by atoms with van der Waals surface area (Å²) in [6.07, 6.45) is 3.97. The molecule has 4 rings (SSSR count). The monoisotopic (exact) mass is 371 g/mol. The van der Waals surface area contributed by atoms with E-state index >= 15 is 0 Å². The van der Waals surface area contributed by atoms with E-state index in [-0.39, 0.29) is 11.2 Å². The molecule has 0 saturated carbocycles. The molecule has 6 heteroatoms. The molecule has 2 fully saturated rings. The molecule has 26 heavy (non-hydrogen) atoms. The molecule has 3 heterocycles. The van der Waals surface area contributed by atoms with Gasteiger partial charge in [-0.15, -0.1) is 0 Å². The molecule has 0 bridgehead atoms. The van der Waals surface area contributed by atoms with Crippen LogP contribution >= 0.6 is 0 Å². The number of benzene rings is 1. The Hall–Kier alpha value is -1.76. The lowest BCUT2D eigenvalue weighted by Gasteiger charge is -2.53. The van der Waals surface area contributed by atoms with E-state index in [4.69, 9.17) is 0 Å². The zero-order valence-corrected chi connectivity index (χ0v) is 15.7. The first-order valence-electron chi connectivity index (χ1n) is 9.19. The highest BCUT2D eigenvalue weighted by Gasteiger charge is 2.48. The van der Waals surface area contributed by atoms with Crippen molar-refractivity contribution in [1.29, 1.82) is 0 Å². The minimum Gasteiger partial charge on any atom is -0.297 e. The lowest BCUT2D eigenvalue weighted by Crippen LogP contribution is -2.61. The van der Waals surface area contributed by atoms with Gasteiger partial charge in [-0.2, -0.15) is 0 Å². The molecule has 2 aromatic rings. The molecule has 2 aliphatic rings. The van der Waals surface area contributed by atoms with Crippen molar-refractivity contribution in [3.05, 3.63) is 66.0 Å². The molecule has 2 aliphatic heterocycles. The summed E-state index contributed by atoms with van der Waals surface area (Å²) in [6, 6.07) is 15.5. The van der Waals surface area contributed by atoms with Gasteiger partial charge in [0.2, 0.25) is 10.0 Å². The Morgan fingerprint density at radius 3 is 2.31 bits per heavy atom. The lowest BCUT2D eigenvalue weighted by atomic mass is 9.73. The van der Waals surface area contributed by atoms with Crippen LogP contribution in [0.25, 0.3) is 0 Å². The van der Waals surface area contributed by atoms with Crippen LogP contribution in [0.1, 0.15) is 24.1 Å². The molecule has 0 N–H and O–H groups in total. The number of pyridine rings is 1. The molecule has 2 saturated heterocycles. The fraction of sp³-hybridized carbons (Fsp3) is 0.450. The van der Waals surface area contributed by atoms with Gasteiger partial charge >= 0.3 is 0 Å². The van der Waals surface area contributed by atoms with Crippen molar-refractivity contribution < 1.29 is 8.42 Å². The van der Waals surface area contributed by atoms with Crippen LogP contribution in [0, 0.1) is 5.41 Å². The summed E-state index contributed by atoms with van der Waals surface area (Å²) in [7, 11) is -3.20. The van der Waals surface area contributed by atoms with E-state index < -0.39 is 10.0 Å². The predicted molar refractivity (Wildman–Crippen MR) is 102 cm³/mol. The Balaban J connectivity index is 1.29. The Bertz CT molecular complexity index is 824. The summed E-state index contributed by atoms with van der Waals surface area (Å²) in [5, 5.41) is 0. The zero-order chi connectivity index (χ0) is 18.0. The van der Waals surface area contributed by atoms with E-state index in [0.717, 1.165) is 43.7 Å². The van der Waals surface area contributed by atoms with Crippen LogP contribution in [-0.4, -0.2) is 48.8 Å². The number of piperidine rings is 1. The lowest BCUT2D eigenvalue weighted by molar-refractivity contribution is -0.00176. The minimum atomic E-state index is -3.20. The minimum absolute atomic E-state index is 0.107. The third-order valence-corrected chi connectivity index (χ3v) is 7.38. The summed E-state index contributed by atoms with van der Waals surface area (Å²) < 4.78 is 26.9. The number of nitrogens with zero attached hydrogens (tertiary/aromatic N) is 3. The highest BCUT2D eigenvalue weighted by Crippen LogP contribution is 2.42. The second kappa shape index (κ2) is 7.10. The van der Waals surface area contributed by atoms with Gasteiger partial charge in [-0.25, -0.2) is 12.7 Å². The topological polar surface area (TPSA) is 53.5 Å². The molecule has 0 amide bonds. The van der Waals surface area contributed by atoms with Crippen LogP contribution in [0.15, 0.2) is 54.7 Å². The largest absolute Gasteiger partial charge is 0.297 e. The van der Waals surface area contributed by atoms with Gasteiger partial charge < -0.3 is 0 Å². The molecule has 1 aromatic heterocycles. The highest BCUT2D eigenvalue weighted by atomic mass is 32.2. The molecule has 5 nitrogen and oxygen atoms in total. The third-order valence-electron chi connectivity index (χ3n) is 5.64. The van der Waals surface area contributed by atoms with Gasteiger partial charge in [0, 0.05) is 31.2 Å². The summed E-state index contributed by atoms with van der Waals surface area (Å²) >= 11 is 0. The number of hydrogen-bond donors (Lipinski definition) is 0. The predicted octanol–water partition coefficient (Wildman–Crippen LogP) is 2.51. The number of likely N-dealkylation sites (tertiary alicyclic amines) is 1. The second-order valence-corrected chi connectivity index (χ2v) is 9.58. The van der Waals surface area contributed by atoms with Crippen LogP contribution in [-0.2, 0) is 22.3 Å². The van der Waals surface area contributed by atoms with E-state index in [1.807, 2.05) is 48.7 Å². The Kier molecular flexibility index (Phi) is 4.82. The van der Waals surface area contributed by atoms with Crippen LogP contribution in [0.4, 0.5) is 0 Å². The fourth-order valence-corrected chi connectivity index (χ4v) is 5.73. The summed E-state index contributed by atoms with van der Waals surface area (Å²) in [6.45, 7) is 4.28. The van der Waals surface area contributed by atoms with E-state index in [1.165, 1.54) is 0 Å². The van der Waals surface area contributed by atoms with Crippen molar-refractivity contribution in [2.45, 2.75) is 25.1 Å². The van der Waals surface area contributed by atoms with E-state index in [9.17, 15) is 8.42 Å². The molecule has 0 radical (unpaired) electrons. The molecule has 138 valence electrons. The van der Waals surface area contributed by atoms with Crippen LogP contribution in [0.5, 0.6) is 0 Å². The van der Waals surface area contributed by atoms with Crippen molar-refractivity contribution in [3.8, 4) is 0 Å². The summed E-state index contributed by atoms with van der Waals surface area (Å²) in [5.41, 5.74) is 2.15. The Morgan fingerprint density at radius 2 is 1.65 bits per heavy atom. The summed E-state index contributed by atoms with van der Waals surface area (Å²) in [5.74, 6) is 0.107. The first-order valence-corrected chi connectivity index (χ1v) is 10.8. The van der Waals surface area contributed by atoms with Gasteiger partial charge in [-0.3, -0.25) is 9.88 Å². The van der Waals surface area contributed by atoms with Crippen molar-refractivity contribution >= 4 is 10.0 Å². The average molecular weight is 372 g/mol. The maximum absolute atomic E-state index is 12.6. The first-order chi connectivity index (χ1) is 12.5. The molecule has 0 atom stereocenters. The molecule has 1 spiro atoms. The van der Waals surface area contributed by atoms with Gasteiger partial charge in [-0.1, -0.05) is 36.4 Å². The Morgan fingerprint density at radius 1 is 0.962 bits per heavy atom. The maximum atomic E-state index is 12.6. The van der Waals surface area contributed by atoms with Crippen LogP contribution < -0.4 is 0 Å². The van der Waals surface area contributed by atoms with E-state index in [1.54, 1.807) is 4.31 Å². The smallest absolute Gasteiger partial charge is 0.218 e. The average Bonchev–Trinajstić information content (AvgIpc) is 2.62. The summed E-state index contributed by atoms with van der Waals surface area (Å²) in [4.78, 5) is 6.82. The quantitative estimate of drug-likeness (QED) is 0.810. The van der Waals surface area contributed by atoms with Gasteiger partial charge in [0.15, 0.2) is 0 Å². The third kappa shape index (κ3) is 3.82. The van der Waals surface area contributed by atoms with Gasteiger partial charge in [0.05, 0.1) is 11.4 Å². The number of rotatable bonds is 5. The molecule has 0 aliphatic carbocycles. The van der Waals surface area contributed by atoms with Crippen molar-refractivity contribution in [3.63, 3.8) is 0 Å². The number of hydrogen-bond acceptors (Lipinski definition) is 4. The van der Waals surface area contributed by atoms with Gasteiger partial charge in [0.1, 0.15) is 0 Å². The van der Waals surface area contributed by atoms with Crippen molar-refractivity contribution in [2.75, 3.05) is 26.2 Å². The van der Waals surface area contributed by atoms with Crippen molar-refractivity contribution in [2.24, 2.45) is 5.41 Å². The number of aromatic nitrogens is 1. The maximum Gasteiger partial charge on any atom is 0.218 e. The number of sulfonamides is 1. The van der Waals surface area contributed by atoms with Crippen molar-refractivity contribution in [1.82, 2.24) is 14.2 Å². The SMILES string of the molecule is O=S(=O)(Cc1ccccc1)N1CC2(CCN(Cc3ccccn3)CC2)C1. The van der Waals surface area contributed by atoms with E-state index in [0.29, 0.717) is 13.1 Å². The van der Waals surface area contributed by atoms with Crippen LogP contribution in [0.2, 0.25) is 0 Å². The molecule has 0 unspecified atom stereocenters. The normalized spacial score (nSPS) is 20.8. The molecule has 1 aromatic carbocycles. The second-order valence-electron chi connectivity index (χ2n) is 7.61. The Labute approximate surface area is 155 Å².